The maximum absolute atomic E-state index is 13.0. The van der Waals surface area contributed by atoms with Crippen molar-refractivity contribution in [1.82, 2.24) is 4.90 Å². The standard InChI is InChI=1S/C18H18FNO3/c19-15-7-5-13(6-8-15)14-9-10-20(11-14)18(22)12-23-17-4-2-1-3-16(17)21/h1-8,14,21H,9-12H2/t14-/m1/s1. The van der Waals surface area contributed by atoms with Crippen LogP contribution in [0.5, 0.6) is 11.5 Å². The van der Waals surface area contributed by atoms with Crippen LogP contribution in [0.3, 0.4) is 0 Å². The molecule has 4 nitrogen and oxygen atoms in total. The van der Waals surface area contributed by atoms with Gasteiger partial charge in [-0.2, -0.15) is 0 Å². The summed E-state index contributed by atoms with van der Waals surface area (Å²) in [5.74, 6) is 0.180. The second kappa shape index (κ2) is 6.69. The van der Waals surface area contributed by atoms with E-state index in [9.17, 15) is 14.3 Å². The van der Waals surface area contributed by atoms with Gasteiger partial charge in [0.05, 0.1) is 0 Å². The minimum absolute atomic E-state index is 0.0194. The Balaban J connectivity index is 1.55. The highest BCUT2D eigenvalue weighted by Gasteiger charge is 2.27. The summed E-state index contributed by atoms with van der Waals surface area (Å²) < 4.78 is 18.3. The molecular formula is C18H18FNO3. The van der Waals surface area contributed by atoms with Gasteiger partial charge in [-0.05, 0) is 36.2 Å². The Bertz CT molecular complexity index is 687. The van der Waals surface area contributed by atoms with E-state index < -0.39 is 0 Å². The SMILES string of the molecule is O=C(COc1ccccc1O)N1CC[C@@H](c2ccc(F)cc2)C1. The number of halogens is 1. The Kier molecular flexibility index (Phi) is 4.46. The molecule has 0 aliphatic carbocycles. The number of nitrogens with zero attached hydrogens (tertiary/aromatic N) is 1. The first-order valence-corrected chi connectivity index (χ1v) is 7.57. The molecule has 5 heteroatoms. The third-order valence-electron chi connectivity index (χ3n) is 4.10. The Hall–Kier alpha value is -2.56. The lowest BCUT2D eigenvalue weighted by Gasteiger charge is -2.17. The molecule has 120 valence electrons. The van der Waals surface area contributed by atoms with Crippen LogP contribution >= 0.6 is 0 Å². The zero-order valence-corrected chi connectivity index (χ0v) is 12.6. The molecule has 1 amide bonds. The highest BCUT2D eigenvalue weighted by molar-refractivity contribution is 5.78. The van der Waals surface area contributed by atoms with E-state index >= 15 is 0 Å². The first kappa shape index (κ1) is 15.3. The van der Waals surface area contributed by atoms with Crippen LogP contribution in [0.4, 0.5) is 4.39 Å². The summed E-state index contributed by atoms with van der Waals surface area (Å²) in [5.41, 5.74) is 1.04. The number of amides is 1. The Morgan fingerprint density at radius 2 is 1.96 bits per heavy atom. The van der Waals surface area contributed by atoms with E-state index in [4.69, 9.17) is 4.74 Å². The van der Waals surface area contributed by atoms with Gasteiger partial charge in [0.25, 0.3) is 5.91 Å². The van der Waals surface area contributed by atoms with E-state index in [1.807, 2.05) is 0 Å². The van der Waals surface area contributed by atoms with Crippen LogP contribution in [0.1, 0.15) is 17.9 Å². The van der Waals surface area contributed by atoms with Crippen LogP contribution in [-0.4, -0.2) is 35.6 Å². The molecule has 0 radical (unpaired) electrons. The van der Waals surface area contributed by atoms with Crippen molar-refractivity contribution < 1.29 is 19.0 Å². The molecule has 1 heterocycles. The fraction of sp³-hybridized carbons (Fsp3) is 0.278. The number of hydrogen-bond acceptors (Lipinski definition) is 3. The molecule has 3 rings (SSSR count). The average Bonchev–Trinajstić information content (AvgIpc) is 3.04. The normalized spacial score (nSPS) is 17.3. The number of para-hydroxylation sites is 2. The fourth-order valence-electron chi connectivity index (χ4n) is 2.80. The van der Waals surface area contributed by atoms with Crippen LogP contribution in [0.15, 0.2) is 48.5 Å². The lowest BCUT2D eigenvalue weighted by Crippen LogP contribution is -2.32. The van der Waals surface area contributed by atoms with Crippen molar-refractivity contribution in [2.45, 2.75) is 12.3 Å². The quantitative estimate of drug-likeness (QED) is 0.944. The molecule has 1 aliphatic rings. The number of benzene rings is 2. The van der Waals surface area contributed by atoms with E-state index in [2.05, 4.69) is 0 Å². The zero-order valence-electron chi connectivity index (χ0n) is 12.6. The molecule has 2 aromatic carbocycles. The van der Waals surface area contributed by atoms with Crippen molar-refractivity contribution in [1.29, 1.82) is 0 Å². The van der Waals surface area contributed by atoms with Crippen molar-refractivity contribution in [2.24, 2.45) is 0 Å². The number of phenolic OH excluding ortho intramolecular Hbond substituents is 1. The van der Waals surface area contributed by atoms with Gasteiger partial charge in [0.2, 0.25) is 0 Å². The Labute approximate surface area is 134 Å². The molecule has 1 fully saturated rings. The van der Waals surface area contributed by atoms with Gasteiger partial charge >= 0.3 is 0 Å². The minimum atomic E-state index is -0.254. The second-order valence-corrected chi connectivity index (χ2v) is 5.63. The van der Waals surface area contributed by atoms with E-state index in [0.717, 1.165) is 12.0 Å². The van der Waals surface area contributed by atoms with Crippen molar-refractivity contribution in [3.05, 3.63) is 59.9 Å². The summed E-state index contributed by atoms with van der Waals surface area (Å²) in [4.78, 5) is 14.0. The maximum atomic E-state index is 13.0. The van der Waals surface area contributed by atoms with Gasteiger partial charge in [-0.25, -0.2) is 4.39 Å². The zero-order chi connectivity index (χ0) is 16.2. The summed E-state index contributed by atoms with van der Waals surface area (Å²) in [7, 11) is 0. The summed E-state index contributed by atoms with van der Waals surface area (Å²) >= 11 is 0. The van der Waals surface area contributed by atoms with Crippen LogP contribution in [-0.2, 0) is 4.79 Å². The number of likely N-dealkylation sites (tertiary alicyclic amines) is 1. The van der Waals surface area contributed by atoms with E-state index in [-0.39, 0.29) is 30.0 Å². The molecule has 0 bridgehead atoms. The van der Waals surface area contributed by atoms with Crippen LogP contribution in [0.2, 0.25) is 0 Å². The Morgan fingerprint density at radius 1 is 1.22 bits per heavy atom. The number of carbonyl (C=O) groups excluding carboxylic acids is 1. The van der Waals surface area contributed by atoms with Gasteiger partial charge in [-0.3, -0.25) is 4.79 Å². The first-order chi connectivity index (χ1) is 11.1. The molecule has 1 atom stereocenters. The number of carbonyl (C=O) groups is 1. The average molecular weight is 315 g/mol. The van der Waals surface area contributed by atoms with Crippen LogP contribution in [0.25, 0.3) is 0 Å². The summed E-state index contributed by atoms with van der Waals surface area (Å²) in [5, 5.41) is 9.62. The first-order valence-electron chi connectivity index (χ1n) is 7.57. The highest BCUT2D eigenvalue weighted by Crippen LogP contribution is 2.28. The third-order valence-corrected chi connectivity index (χ3v) is 4.10. The van der Waals surface area contributed by atoms with Gasteiger partial charge in [0.1, 0.15) is 5.82 Å². The molecule has 23 heavy (non-hydrogen) atoms. The summed E-state index contributed by atoms with van der Waals surface area (Å²) in [6, 6.07) is 13.0. The van der Waals surface area contributed by atoms with Crippen molar-refractivity contribution in [2.75, 3.05) is 19.7 Å². The van der Waals surface area contributed by atoms with Gasteiger partial charge in [0, 0.05) is 19.0 Å². The van der Waals surface area contributed by atoms with Crippen LogP contribution < -0.4 is 4.74 Å². The van der Waals surface area contributed by atoms with Gasteiger partial charge < -0.3 is 14.7 Å². The summed E-state index contributed by atoms with van der Waals surface area (Å²) in [6.07, 6.45) is 0.855. The number of phenols is 1. The lowest BCUT2D eigenvalue weighted by atomic mass is 9.99. The molecule has 1 saturated heterocycles. The second-order valence-electron chi connectivity index (χ2n) is 5.63. The molecule has 2 aromatic rings. The predicted molar refractivity (Wildman–Crippen MR) is 83.9 cm³/mol. The molecule has 0 spiro atoms. The van der Waals surface area contributed by atoms with Crippen molar-refractivity contribution in [3.8, 4) is 11.5 Å². The van der Waals surface area contributed by atoms with Gasteiger partial charge in [-0.15, -0.1) is 0 Å². The lowest BCUT2D eigenvalue weighted by molar-refractivity contribution is -0.132. The van der Waals surface area contributed by atoms with Gasteiger partial charge in [-0.1, -0.05) is 24.3 Å². The van der Waals surface area contributed by atoms with E-state index in [1.54, 1.807) is 35.2 Å². The van der Waals surface area contributed by atoms with Crippen molar-refractivity contribution >= 4 is 5.91 Å². The fourth-order valence-corrected chi connectivity index (χ4v) is 2.80. The highest BCUT2D eigenvalue weighted by atomic mass is 19.1. The summed E-state index contributed by atoms with van der Waals surface area (Å²) in [6.45, 7) is 1.16. The monoisotopic (exact) mass is 315 g/mol. The smallest absolute Gasteiger partial charge is 0.260 e. The van der Waals surface area contributed by atoms with E-state index in [0.29, 0.717) is 18.8 Å². The van der Waals surface area contributed by atoms with E-state index in [1.165, 1.54) is 18.2 Å². The molecule has 0 unspecified atom stereocenters. The molecule has 1 aliphatic heterocycles. The molecule has 1 N–H and O–H groups in total. The Morgan fingerprint density at radius 3 is 2.70 bits per heavy atom. The maximum Gasteiger partial charge on any atom is 0.260 e. The number of rotatable bonds is 4. The number of aromatic hydroxyl groups is 1. The largest absolute Gasteiger partial charge is 0.504 e. The topological polar surface area (TPSA) is 49.8 Å². The van der Waals surface area contributed by atoms with Crippen molar-refractivity contribution in [3.63, 3.8) is 0 Å². The minimum Gasteiger partial charge on any atom is -0.504 e. The number of ether oxygens (including phenoxy) is 1. The predicted octanol–water partition coefficient (Wildman–Crippen LogP) is 2.93. The number of hydrogen-bond donors (Lipinski definition) is 1. The van der Waals surface area contributed by atoms with Crippen LogP contribution in [0, 0.1) is 5.82 Å². The molecule has 0 saturated carbocycles. The molecular weight excluding hydrogens is 297 g/mol. The third kappa shape index (κ3) is 3.62. The molecule has 0 aromatic heterocycles. The van der Waals surface area contributed by atoms with Gasteiger partial charge in [0.15, 0.2) is 18.1 Å².